The monoisotopic (exact) mass is 450 g/mol. The average molecular weight is 451 g/mol. The van der Waals surface area contributed by atoms with E-state index in [1.54, 1.807) is 12.0 Å². The summed E-state index contributed by atoms with van der Waals surface area (Å²) in [6.07, 6.45) is 0.741. The third-order valence-corrected chi connectivity index (χ3v) is 6.39. The molecule has 0 bridgehead atoms. The van der Waals surface area contributed by atoms with Crippen LogP contribution in [0.25, 0.3) is 5.76 Å². The topological polar surface area (TPSA) is 70.1 Å². The van der Waals surface area contributed by atoms with Crippen molar-refractivity contribution in [3.05, 3.63) is 70.3 Å². The van der Waals surface area contributed by atoms with Crippen LogP contribution in [-0.2, 0) is 9.59 Å². The molecule has 1 heterocycles. The minimum atomic E-state index is -0.646. The SMILES string of the molecule is CCN(CC)CCCN1C(=O)C(=O)/C(=C(/O)c2cc(C)ccc2C)C1c1ccc(OC)cc1. The molecule has 0 saturated carbocycles. The van der Waals surface area contributed by atoms with Crippen LogP contribution in [0.3, 0.4) is 0 Å². The molecule has 0 radical (unpaired) electrons. The first kappa shape index (κ1) is 24.5. The highest BCUT2D eigenvalue weighted by molar-refractivity contribution is 6.46. The minimum Gasteiger partial charge on any atom is -0.507 e. The summed E-state index contributed by atoms with van der Waals surface area (Å²) < 4.78 is 5.27. The van der Waals surface area contributed by atoms with Gasteiger partial charge in [-0.2, -0.15) is 0 Å². The summed E-state index contributed by atoms with van der Waals surface area (Å²) in [5, 5.41) is 11.3. The number of rotatable bonds is 9. The molecular formula is C27H34N2O4. The fraction of sp³-hybridized carbons (Fsp3) is 0.407. The Hall–Kier alpha value is -3.12. The Morgan fingerprint density at radius 2 is 1.73 bits per heavy atom. The van der Waals surface area contributed by atoms with E-state index in [9.17, 15) is 14.7 Å². The summed E-state index contributed by atoms with van der Waals surface area (Å²) in [5.41, 5.74) is 3.30. The van der Waals surface area contributed by atoms with Gasteiger partial charge in [0.2, 0.25) is 0 Å². The van der Waals surface area contributed by atoms with E-state index in [-0.39, 0.29) is 11.3 Å². The zero-order chi connectivity index (χ0) is 24.1. The lowest BCUT2D eigenvalue weighted by atomic mass is 9.93. The molecule has 176 valence electrons. The molecule has 0 spiro atoms. The summed E-state index contributed by atoms with van der Waals surface area (Å²) in [5.74, 6) is -0.646. The van der Waals surface area contributed by atoms with E-state index < -0.39 is 17.7 Å². The van der Waals surface area contributed by atoms with Gasteiger partial charge in [0.1, 0.15) is 11.5 Å². The first-order chi connectivity index (χ1) is 15.8. The van der Waals surface area contributed by atoms with Crippen LogP contribution >= 0.6 is 0 Å². The Morgan fingerprint density at radius 3 is 2.33 bits per heavy atom. The molecule has 0 aliphatic carbocycles. The molecule has 6 heteroatoms. The Kier molecular flexibility index (Phi) is 7.92. The van der Waals surface area contributed by atoms with Crippen molar-refractivity contribution in [3.63, 3.8) is 0 Å². The molecule has 0 aromatic heterocycles. The highest BCUT2D eigenvalue weighted by atomic mass is 16.5. The number of aliphatic hydroxyl groups is 1. The predicted octanol–water partition coefficient (Wildman–Crippen LogP) is 4.47. The lowest BCUT2D eigenvalue weighted by Crippen LogP contribution is -2.33. The fourth-order valence-corrected chi connectivity index (χ4v) is 4.38. The van der Waals surface area contributed by atoms with Gasteiger partial charge in [-0.05, 0) is 69.2 Å². The van der Waals surface area contributed by atoms with Gasteiger partial charge in [0.25, 0.3) is 11.7 Å². The van der Waals surface area contributed by atoms with Crippen LogP contribution in [0.15, 0.2) is 48.0 Å². The fourth-order valence-electron chi connectivity index (χ4n) is 4.38. The number of aliphatic hydroxyl groups excluding tert-OH is 1. The number of nitrogens with zero attached hydrogens (tertiary/aromatic N) is 2. The van der Waals surface area contributed by atoms with Crippen molar-refractivity contribution >= 4 is 17.4 Å². The number of methoxy groups -OCH3 is 1. The second kappa shape index (κ2) is 10.7. The Bertz CT molecular complexity index is 1040. The molecule has 1 amide bonds. The number of aryl methyl sites for hydroxylation is 2. The summed E-state index contributed by atoms with van der Waals surface area (Å²) in [4.78, 5) is 30.2. The predicted molar refractivity (Wildman–Crippen MR) is 130 cm³/mol. The van der Waals surface area contributed by atoms with Crippen molar-refractivity contribution < 1.29 is 19.4 Å². The molecular weight excluding hydrogens is 416 g/mol. The van der Waals surface area contributed by atoms with Gasteiger partial charge in [-0.3, -0.25) is 9.59 Å². The molecule has 1 unspecified atom stereocenters. The van der Waals surface area contributed by atoms with Crippen molar-refractivity contribution in [1.82, 2.24) is 9.80 Å². The van der Waals surface area contributed by atoms with Crippen molar-refractivity contribution in [2.24, 2.45) is 0 Å². The second-order valence-corrected chi connectivity index (χ2v) is 8.46. The average Bonchev–Trinajstić information content (AvgIpc) is 3.08. The van der Waals surface area contributed by atoms with Crippen molar-refractivity contribution in [2.45, 2.75) is 40.2 Å². The normalized spacial score (nSPS) is 17.8. The van der Waals surface area contributed by atoms with Gasteiger partial charge < -0.3 is 19.6 Å². The van der Waals surface area contributed by atoms with Crippen LogP contribution in [0.4, 0.5) is 0 Å². The van der Waals surface area contributed by atoms with Gasteiger partial charge in [0.05, 0.1) is 18.7 Å². The maximum absolute atomic E-state index is 13.2. The van der Waals surface area contributed by atoms with Crippen molar-refractivity contribution in [1.29, 1.82) is 0 Å². The zero-order valence-electron chi connectivity index (χ0n) is 20.2. The van der Waals surface area contributed by atoms with E-state index >= 15 is 0 Å². The molecule has 1 aliphatic heterocycles. The van der Waals surface area contributed by atoms with E-state index in [1.165, 1.54) is 0 Å². The molecule has 1 aliphatic rings. The third kappa shape index (κ3) is 5.11. The van der Waals surface area contributed by atoms with Gasteiger partial charge in [0, 0.05) is 12.1 Å². The first-order valence-electron chi connectivity index (χ1n) is 11.5. The minimum absolute atomic E-state index is 0.124. The highest BCUT2D eigenvalue weighted by Crippen LogP contribution is 2.40. The molecule has 2 aromatic rings. The van der Waals surface area contributed by atoms with E-state index in [4.69, 9.17) is 4.74 Å². The largest absolute Gasteiger partial charge is 0.507 e. The smallest absolute Gasteiger partial charge is 0.295 e. The van der Waals surface area contributed by atoms with Crippen LogP contribution < -0.4 is 4.74 Å². The lowest BCUT2D eigenvalue weighted by Gasteiger charge is -2.27. The maximum atomic E-state index is 13.2. The van der Waals surface area contributed by atoms with Gasteiger partial charge in [0.15, 0.2) is 0 Å². The van der Waals surface area contributed by atoms with Crippen LogP contribution in [0.2, 0.25) is 0 Å². The molecule has 6 nitrogen and oxygen atoms in total. The van der Waals surface area contributed by atoms with Gasteiger partial charge in [-0.25, -0.2) is 0 Å². The molecule has 33 heavy (non-hydrogen) atoms. The van der Waals surface area contributed by atoms with Crippen molar-refractivity contribution in [2.75, 3.05) is 33.3 Å². The number of carbonyl (C=O) groups is 2. The number of carbonyl (C=O) groups excluding carboxylic acids is 2. The standard InChI is InChI=1S/C27H34N2O4/c1-6-28(7-2)15-8-16-29-24(20-11-13-21(33-5)14-12-20)23(26(31)27(29)32)25(30)22-17-18(3)9-10-19(22)4/h9-14,17,24,30H,6-8,15-16H2,1-5H3/b25-23+. The number of likely N-dealkylation sites (tertiary alicyclic amines) is 1. The highest BCUT2D eigenvalue weighted by Gasteiger charge is 2.45. The van der Waals surface area contributed by atoms with Crippen LogP contribution in [-0.4, -0.2) is 59.9 Å². The number of ether oxygens (including phenoxy) is 1. The number of hydrogen-bond acceptors (Lipinski definition) is 5. The summed E-state index contributed by atoms with van der Waals surface area (Å²) >= 11 is 0. The van der Waals surface area contributed by atoms with Gasteiger partial charge in [-0.15, -0.1) is 0 Å². The molecule has 3 rings (SSSR count). The number of hydrogen-bond donors (Lipinski definition) is 1. The maximum Gasteiger partial charge on any atom is 0.295 e. The van der Waals surface area contributed by atoms with Crippen molar-refractivity contribution in [3.8, 4) is 5.75 Å². The second-order valence-electron chi connectivity index (χ2n) is 8.46. The Labute approximate surface area is 196 Å². The summed E-state index contributed by atoms with van der Waals surface area (Å²) in [6.45, 7) is 11.2. The molecule has 1 N–H and O–H groups in total. The Morgan fingerprint density at radius 1 is 1.06 bits per heavy atom. The number of Topliss-reactive ketones (excluding diaryl/α,β-unsaturated/α-hetero) is 1. The van der Waals surface area contributed by atoms with E-state index in [1.807, 2.05) is 56.3 Å². The molecule has 1 atom stereocenters. The summed E-state index contributed by atoms with van der Waals surface area (Å²) in [7, 11) is 1.59. The quantitative estimate of drug-likeness (QED) is 0.347. The first-order valence-corrected chi connectivity index (χ1v) is 11.5. The number of amides is 1. The van der Waals surface area contributed by atoms with E-state index in [2.05, 4.69) is 18.7 Å². The Balaban J connectivity index is 2.07. The number of ketones is 1. The number of benzene rings is 2. The zero-order valence-corrected chi connectivity index (χ0v) is 20.2. The third-order valence-electron chi connectivity index (χ3n) is 6.39. The van der Waals surface area contributed by atoms with Gasteiger partial charge >= 0.3 is 0 Å². The lowest BCUT2D eigenvalue weighted by molar-refractivity contribution is -0.140. The summed E-state index contributed by atoms with van der Waals surface area (Å²) in [6, 6.07) is 12.4. The van der Waals surface area contributed by atoms with Gasteiger partial charge in [-0.1, -0.05) is 43.7 Å². The van der Waals surface area contributed by atoms with Crippen LogP contribution in [0.5, 0.6) is 5.75 Å². The molecule has 2 aromatic carbocycles. The molecule has 1 saturated heterocycles. The molecule has 1 fully saturated rings. The van der Waals surface area contributed by atoms with E-state index in [0.717, 1.165) is 42.7 Å². The van der Waals surface area contributed by atoms with Crippen LogP contribution in [0, 0.1) is 13.8 Å². The van der Waals surface area contributed by atoms with Crippen LogP contribution in [0.1, 0.15) is 48.6 Å². The van der Waals surface area contributed by atoms with E-state index in [0.29, 0.717) is 17.9 Å².